The molecule has 21 heavy (non-hydrogen) atoms. The van der Waals surface area contributed by atoms with Crippen molar-refractivity contribution in [1.29, 1.82) is 0 Å². The van der Waals surface area contributed by atoms with E-state index >= 15 is 0 Å². The first kappa shape index (κ1) is 15.3. The normalized spacial score (nSPS) is 12.2. The van der Waals surface area contributed by atoms with Crippen LogP contribution < -0.4 is 10.1 Å². The fourth-order valence-corrected chi connectivity index (χ4v) is 2.05. The molecule has 5 heteroatoms. The molecule has 0 amide bonds. The van der Waals surface area contributed by atoms with Gasteiger partial charge in [-0.25, -0.2) is 0 Å². The van der Waals surface area contributed by atoms with Gasteiger partial charge >= 0.3 is 6.61 Å². The molecule has 0 fully saturated rings. The summed E-state index contributed by atoms with van der Waals surface area (Å²) >= 11 is 0. The van der Waals surface area contributed by atoms with Crippen LogP contribution in [0, 0.1) is 0 Å². The molecule has 2 aromatic rings. The van der Waals surface area contributed by atoms with Gasteiger partial charge in [0.15, 0.2) is 0 Å². The Bertz CT molecular complexity index is 549. The van der Waals surface area contributed by atoms with Crippen molar-refractivity contribution in [1.82, 2.24) is 0 Å². The number of halogens is 2. The van der Waals surface area contributed by atoms with Gasteiger partial charge in [-0.2, -0.15) is 8.78 Å². The van der Waals surface area contributed by atoms with Crippen LogP contribution >= 0.6 is 0 Å². The lowest BCUT2D eigenvalue weighted by Gasteiger charge is -2.21. The molecule has 0 saturated heterocycles. The molecule has 112 valence electrons. The third kappa shape index (κ3) is 4.43. The molecule has 3 nitrogen and oxygen atoms in total. The van der Waals surface area contributed by atoms with Gasteiger partial charge < -0.3 is 14.8 Å². The molecule has 1 atom stereocenters. The predicted octanol–water partition coefficient (Wildman–Crippen LogP) is 4.09. The van der Waals surface area contributed by atoms with Crippen LogP contribution in [0.1, 0.15) is 11.6 Å². The van der Waals surface area contributed by atoms with Crippen molar-refractivity contribution < 1.29 is 18.3 Å². The van der Waals surface area contributed by atoms with Crippen molar-refractivity contribution in [2.24, 2.45) is 0 Å². The van der Waals surface area contributed by atoms with E-state index in [2.05, 4.69) is 10.1 Å². The van der Waals surface area contributed by atoms with Crippen LogP contribution in [0.4, 0.5) is 14.5 Å². The van der Waals surface area contributed by atoms with Crippen molar-refractivity contribution in [3.05, 3.63) is 60.2 Å². The molecule has 1 unspecified atom stereocenters. The van der Waals surface area contributed by atoms with E-state index in [9.17, 15) is 8.78 Å². The number of nitrogens with one attached hydrogen (secondary N) is 1. The van der Waals surface area contributed by atoms with Crippen LogP contribution in [-0.4, -0.2) is 20.3 Å². The Balaban J connectivity index is 2.21. The molecule has 0 saturated carbocycles. The minimum Gasteiger partial charge on any atom is -0.433 e. The summed E-state index contributed by atoms with van der Waals surface area (Å²) in [6, 6.07) is 16.1. The third-order valence-corrected chi connectivity index (χ3v) is 2.97. The van der Waals surface area contributed by atoms with E-state index in [0.717, 1.165) is 5.56 Å². The van der Waals surface area contributed by atoms with Gasteiger partial charge in [-0.3, -0.25) is 0 Å². The van der Waals surface area contributed by atoms with E-state index in [0.29, 0.717) is 12.3 Å². The number of para-hydroxylation sites is 2. The molecule has 0 spiro atoms. The van der Waals surface area contributed by atoms with Crippen molar-refractivity contribution in [3.8, 4) is 5.75 Å². The van der Waals surface area contributed by atoms with Gasteiger partial charge in [0.05, 0.1) is 18.3 Å². The number of hydrogen-bond donors (Lipinski definition) is 1. The lowest BCUT2D eigenvalue weighted by Crippen LogP contribution is -2.17. The highest BCUT2D eigenvalue weighted by molar-refractivity contribution is 5.57. The van der Waals surface area contributed by atoms with E-state index in [1.54, 1.807) is 25.3 Å². The molecule has 0 bridgehead atoms. The Hall–Kier alpha value is -2.14. The molecule has 0 aliphatic rings. The SMILES string of the molecule is COCC(Nc1ccccc1OC(F)F)c1ccccc1. The van der Waals surface area contributed by atoms with Crippen LogP contribution in [0.15, 0.2) is 54.6 Å². The summed E-state index contributed by atoms with van der Waals surface area (Å²) in [5.74, 6) is 0.115. The van der Waals surface area contributed by atoms with Crippen LogP contribution in [-0.2, 0) is 4.74 Å². The van der Waals surface area contributed by atoms with Crippen LogP contribution in [0.5, 0.6) is 5.75 Å². The quantitative estimate of drug-likeness (QED) is 0.834. The van der Waals surface area contributed by atoms with E-state index in [4.69, 9.17) is 4.74 Å². The van der Waals surface area contributed by atoms with Gasteiger partial charge in [-0.15, -0.1) is 0 Å². The number of benzene rings is 2. The van der Waals surface area contributed by atoms with E-state index in [-0.39, 0.29) is 11.8 Å². The highest BCUT2D eigenvalue weighted by Crippen LogP contribution is 2.29. The zero-order valence-electron chi connectivity index (χ0n) is 11.6. The summed E-state index contributed by atoms with van der Waals surface area (Å²) in [5, 5.41) is 3.19. The van der Waals surface area contributed by atoms with Gasteiger partial charge in [0.2, 0.25) is 0 Å². The van der Waals surface area contributed by atoms with Crippen LogP contribution in [0.3, 0.4) is 0 Å². The summed E-state index contributed by atoms with van der Waals surface area (Å²) in [7, 11) is 1.60. The topological polar surface area (TPSA) is 30.5 Å². The number of alkyl halides is 2. The highest BCUT2D eigenvalue weighted by atomic mass is 19.3. The van der Waals surface area contributed by atoms with E-state index in [1.165, 1.54) is 6.07 Å². The van der Waals surface area contributed by atoms with Crippen molar-refractivity contribution in [3.63, 3.8) is 0 Å². The average molecular weight is 293 g/mol. The maximum atomic E-state index is 12.4. The fourth-order valence-electron chi connectivity index (χ4n) is 2.05. The predicted molar refractivity (Wildman–Crippen MR) is 77.8 cm³/mol. The maximum absolute atomic E-state index is 12.4. The lowest BCUT2D eigenvalue weighted by atomic mass is 10.1. The van der Waals surface area contributed by atoms with E-state index < -0.39 is 6.61 Å². The van der Waals surface area contributed by atoms with Crippen molar-refractivity contribution in [2.45, 2.75) is 12.7 Å². The summed E-state index contributed by atoms with van der Waals surface area (Å²) in [6.45, 7) is -2.45. The zero-order valence-corrected chi connectivity index (χ0v) is 11.6. The third-order valence-electron chi connectivity index (χ3n) is 2.97. The second kappa shape index (κ2) is 7.59. The van der Waals surface area contributed by atoms with Gasteiger partial charge in [0.25, 0.3) is 0 Å². The van der Waals surface area contributed by atoms with Gasteiger partial charge in [0, 0.05) is 7.11 Å². The first-order valence-electron chi connectivity index (χ1n) is 6.55. The lowest BCUT2D eigenvalue weighted by molar-refractivity contribution is -0.0494. The second-order valence-corrected chi connectivity index (χ2v) is 4.44. The highest BCUT2D eigenvalue weighted by Gasteiger charge is 2.15. The number of methoxy groups -OCH3 is 1. The fraction of sp³-hybridized carbons (Fsp3) is 0.250. The van der Waals surface area contributed by atoms with Crippen molar-refractivity contribution >= 4 is 5.69 Å². The Labute approximate surface area is 122 Å². The average Bonchev–Trinajstić information content (AvgIpc) is 2.49. The second-order valence-electron chi connectivity index (χ2n) is 4.44. The molecule has 2 aromatic carbocycles. The van der Waals surface area contributed by atoms with E-state index in [1.807, 2.05) is 30.3 Å². The molecule has 0 radical (unpaired) electrons. The van der Waals surface area contributed by atoms with Crippen LogP contribution in [0.25, 0.3) is 0 Å². The van der Waals surface area contributed by atoms with Crippen molar-refractivity contribution in [2.75, 3.05) is 19.0 Å². The summed E-state index contributed by atoms with van der Waals surface area (Å²) in [6.07, 6.45) is 0. The number of anilines is 1. The van der Waals surface area contributed by atoms with Gasteiger partial charge in [-0.05, 0) is 17.7 Å². The molecule has 1 N–H and O–H groups in total. The Morgan fingerprint density at radius 3 is 2.33 bits per heavy atom. The summed E-state index contributed by atoms with van der Waals surface area (Å²) in [5.41, 5.74) is 1.51. The number of rotatable bonds is 7. The molecule has 0 aliphatic heterocycles. The van der Waals surface area contributed by atoms with Crippen LogP contribution in [0.2, 0.25) is 0 Å². The zero-order chi connectivity index (χ0) is 15.1. The Morgan fingerprint density at radius 2 is 1.67 bits per heavy atom. The number of ether oxygens (including phenoxy) is 2. The maximum Gasteiger partial charge on any atom is 0.387 e. The molecular weight excluding hydrogens is 276 g/mol. The summed E-state index contributed by atoms with van der Waals surface area (Å²) in [4.78, 5) is 0. The molecule has 0 heterocycles. The summed E-state index contributed by atoms with van der Waals surface area (Å²) < 4.78 is 34.6. The minimum atomic E-state index is -2.86. The largest absolute Gasteiger partial charge is 0.433 e. The molecular formula is C16H17F2NO2. The first-order chi connectivity index (χ1) is 10.2. The first-order valence-corrected chi connectivity index (χ1v) is 6.55. The number of hydrogen-bond acceptors (Lipinski definition) is 3. The Morgan fingerprint density at radius 1 is 1.00 bits per heavy atom. The standard InChI is InChI=1S/C16H17F2NO2/c1-20-11-14(12-7-3-2-4-8-12)19-13-9-5-6-10-15(13)21-16(17)18/h2-10,14,16,19H,11H2,1H3. The van der Waals surface area contributed by atoms with Gasteiger partial charge in [-0.1, -0.05) is 42.5 Å². The molecule has 0 aromatic heterocycles. The monoisotopic (exact) mass is 293 g/mol. The minimum absolute atomic E-state index is 0.115. The van der Waals surface area contributed by atoms with Gasteiger partial charge in [0.1, 0.15) is 5.75 Å². The Kier molecular flexibility index (Phi) is 5.51. The smallest absolute Gasteiger partial charge is 0.387 e. The molecule has 2 rings (SSSR count). The molecule has 0 aliphatic carbocycles.